The quantitative estimate of drug-likeness (QED) is 0.798. The number of oxazole rings is 1. The Balaban J connectivity index is 1.61. The van der Waals surface area contributed by atoms with Crippen molar-refractivity contribution in [2.24, 2.45) is 0 Å². The fraction of sp³-hybridized carbons (Fsp3) is 0.429. The van der Waals surface area contributed by atoms with E-state index in [2.05, 4.69) is 10.3 Å². The molecular weight excluding hydrogens is 256 g/mol. The van der Waals surface area contributed by atoms with Gasteiger partial charge in [0.2, 0.25) is 11.8 Å². The Kier molecular flexibility index (Phi) is 3.31. The first kappa shape index (κ1) is 12.9. The molecule has 1 saturated carbocycles. The van der Waals surface area contributed by atoms with Gasteiger partial charge >= 0.3 is 0 Å². The molecule has 1 heterocycles. The minimum atomic E-state index is 0.0513. The number of fused-ring (bicyclic) bond motifs is 1. The zero-order valence-electron chi connectivity index (χ0n) is 11.4. The summed E-state index contributed by atoms with van der Waals surface area (Å²) in [7, 11) is 1.87. The van der Waals surface area contributed by atoms with Gasteiger partial charge < -0.3 is 15.5 Å². The minimum absolute atomic E-state index is 0.0513. The standard InChI is InChI=1S/C14H18N4O2/c1-18(7-13(19)16-10-3-4-10)8-14-17-11-6-9(15)2-5-12(11)20-14/h2,5-6,10H,3-4,7-8,15H2,1H3,(H,16,19). The molecule has 6 heteroatoms. The monoisotopic (exact) mass is 274 g/mol. The van der Waals surface area contributed by atoms with Crippen molar-refractivity contribution in [1.82, 2.24) is 15.2 Å². The highest BCUT2D eigenvalue weighted by Gasteiger charge is 2.23. The van der Waals surface area contributed by atoms with E-state index >= 15 is 0 Å². The summed E-state index contributed by atoms with van der Waals surface area (Å²) in [6.45, 7) is 0.837. The maximum absolute atomic E-state index is 11.7. The molecule has 106 valence electrons. The van der Waals surface area contributed by atoms with Crippen LogP contribution in [0.15, 0.2) is 22.6 Å². The smallest absolute Gasteiger partial charge is 0.234 e. The third-order valence-corrected chi connectivity index (χ3v) is 3.22. The molecule has 0 aliphatic heterocycles. The van der Waals surface area contributed by atoms with Crippen LogP contribution in [0.3, 0.4) is 0 Å². The van der Waals surface area contributed by atoms with E-state index in [1.54, 1.807) is 18.2 Å². The first-order chi connectivity index (χ1) is 9.60. The Hall–Kier alpha value is -2.08. The van der Waals surface area contributed by atoms with Crippen molar-refractivity contribution in [1.29, 1.82) is 0 Å². The summed E-state index contributed by atoms with van der Waals surface area (Å²) in [6.07, 6.45) is 2.20. The average Bonchev–Trinajstić information content (AvgIpc) is 3.07. The SMILES string of the molecule is CN(CC(=O)NC1CC1)Cc1nc2cc(N)ccc2o1. The molecule has 0 bridgehead atoms. The van der Waals surface area contributed by atoms with Gasteiger partial charge in [-0.2, -0.15) is 0 Å². The maximum atomic E-state index is 11.7. The molecule has 6 nitrogen and oxygen atoms in total. The van der Waals surface area contributed by atoms with E-state index in [-0.39, 0.29) is 5.91 Å². The second kappa shape index (κ2) is 5.13. The molecule has 1 fully saturated rings. The highest BCUT2D eigenvalue weighted by Crippen LogP contribution is 2.19. The number of nitrogens with two attached hydrogens (primary N) is 1. The molecule has 1 aromatic heterocycles. The van der Waals surface area contributed by atoms with Crippen LogP contribution in [0.5, 0.6) is 0 Å². The molecule has 1 aromatic carbocycles. The molecule has 3 rings (SSSR count). The Morgan fingerprint density at radius 3 is 3.10 bits per heavy atom. The minimum Gasteiger partial charge on any atom is -0.439 e. The molecule has 1 aliphatic rings. The van der Waals surface area contributed by atoms with Crippen molar-refractivity contribution in [3.8, 4) is 0 Å². The van der Waals surface area contributed by atoms with Gasteiger partial charge in [0.05, 0.1) is 13.1 Å². The van der Waals surface area contributed by atoms with Gasteiger partial charge in [0.25, 0.3) is 0 Å². The first-order valence-electron chi connectivity index (χ1n) is 6.73. The van der Waals surface area contributed by atoms with Gasteiger partial charge in [0.15, 0.2) is 5.58 Å². The van der Waals surface area contributed by atoms with Crippen LogP contribution in [0.25, 0.3) is 11.1 Å². The largest absolute Gasteiger partial charge is 0.439 e. The van der Waals surface area contributed by atoms with Gasteiger partial charge in [-0.15, -0.1) is 0 Å². The lowest BCUT2D eigenvalue weighted by molar-refractivity contribution is -0.122. The van der Waals surface area contributed by atoms with Crippen LogP contribution >= 0.6 is 0 Å². The van der Waals surface area contributed by atoms with Crippen molar-refractivity contribution in [2.75, 3.05) is 19.3 Å². The van der Waals surface area contributed by atoms with Crippen molar-refractivity contribution in [3.05, 3.63) is 24.1 Å². The van der Waals surface area contributed by atoms with Crippen LogP contribution in [0.2, 0.25) is 0 Å². The first-order valence-corrected chi connectivity index (χ1v) is 6.73. The number of nitrogens with zero attached hydrogens (tertiary/aromatic N) is 2. The van der Waals surface area contributed by atoms with Gasteiger partial charge in [-0.05, 0) is 38.1 Å². The van der Waals surface area contributed by atoms with Crippen LogP contribution in [-0.2, 0) is 11.3 Å². The average molecular weight is 274 g/mol. The lowest BCUT2D eigenvalue weighted by Gasteiger charge is -2.13. The summed E-state index contributed by atoms with van der Waals surface area (Å²) >= 11 is 0. The predicted molar refractivity (Wildman–Crippen MR) is 75.9 cm³/mol. The third-order valence-electron chi connectivity index (χ3n) is 3.22. The Labute approximate surface area is 116 Å². The predicted octanol–water partition coefficient (Wildman–Crippen LogP) is 1.12. The van der Waals surface area contributed by atoms with E-state index in [4.69, 9.17) is 10.2 Å². The van der Waals surface area contributed by atoms with Crippen LogP contribution < -0.4 is 11.1 Å². The summed E-state index contributed by atoms with van der Waals surface area (Å²) in [4.78, 5) is 17.9. The normalized spacial score (nSPS) is 14.9. The number of rotatable bonds is 5. The van der Waals surface area contributed by atoms with Gasteiger partial charge in [0.1, 0.15) is 5.52 Å². The molecular formula is C14H18N4O2. The Morgan fingerprint density at radius 1 is 1.55 bits per heavy atom. The highest BCUT2D eigenvalue weighted by molar-refractivity contribution is 5.78. The number of nitrogens with one attached hydrogen (secondary N) is 1. The Morgan fingerprint density at radius 2 is 2.35 bits per heavy atom. The third kappa shape index (κ3) is 3.08. The summed E-state index contributed by atoms with van der Waals surface area (Å²) < 4.78 is 5.63. The van der Waals surface area contributed by atoms with Crippen LogP contribution in [0.4, 0.5) is 5.69 Å². The molecule has 1 amide bonds. The number of carbonyl (C=O) groups is 1. The van der Waals surface area contributed by atoms with Crippen molar-refractivity contribution < 1.29 is 9.21 Å². The molecule has 0 saturated heterocycles. The number of hydrogen-bond donors (Lipinski definition) is 2. The number of likely N-dealkylation sites (N-methyl/N-ethyl adjacent to an activating group) is 1. The number of hydrogen-bond acceptors (Lipinski definition) is 5. The molecule has 1 aliphatic carbocycles. The second-order valence-electron chi connectivity index (χ2n) is 5.35. The molecule has 2 aromatic rings. The van der Waals surface area contributed by atoms with Gasteiger partial charge in [-0.3, -0.25) is 9.69 Å². The highest BCUT2D eigenvalue weighted by atomic mass is 16.3. The van der Waals surface area contributed by atoms with E-state index in [9.17, 15) is 4.79 Å². The van der Waals surface area contributed by atoms with Crippen LogP contribution in [0.1, 0.15) is 18.7 Å². The van der Waals surface area contributed by atoms with E-state index in [1.165, 1.54) is 0 Å². The molecule has 0 spiro atoms. The maximum Gasteiger partial charge on any atom is 0.234 e. The van der Waals surface area contributed by atoms with E-state index in [1.807, 2.05) is 11.9 Å². The van der Waals surface area contributed by atoms with Crippen molar-refractivity contribution >= 4 is 22.7 Å². The zero-order valence-corrected chi connectivity index (χ0v) is 11.4. The fourth-order valence-corrected chi connectivity index (χ4v) is 2.09. The number of benzene rings is 1. The molecule has 0 atom stereocenters. The molecule has 3 N–H and O–H groups in total. The van der Waals surface area contributed by atoms with E-state index < -0.39 is 0 Å². The summed E-state index contributed by atoms with van der Waals surface area (Å²) in [5, 5.41) is 2.96. The number of aromatic nitrogens is 1. The molecule has 0 radical (unpaired) electrons. The topological polar surface area (TPSA) is 84.4 Å². The molecule has 0 unspecified atom stereocenters. The second-order valence-corrected chi connectivity index (χ2v) is 5.35. The summed E-state index contributed by atoms with van der Waals surface area (Å²) in [5.74, 6) is 0.641. The zero-order chi connectivity index (χ0) is 14.1. The van der Waals surface area contributed by atoms with E-state index in [0.717, 1.165) is 18.4 Å². The van der Waals surface area contributed by atoms with Gasteiger partial charge in [-0.25, -0.2) is 4.98 Å². The van der Waals surface area contributed by atoms with Gasteiger partial charge in [0, 0.05) is 11.7 Å². The number of carbonyl (C=O) groups excluding carboxylic acids is 1. The lowest BCUT2D eigenvalue weighted by Crippen LogP contribution is -2.35. The van der Waals surface area contributed by atoms with Crippen molar-refractivity contribution in [3.63, 3.8) is 0 Å². The summed E-state index contributed by atoms with van der Waals surface area (Å²) in [5.41, 5.74) is 7.83. The fourth-order valence-electron chi connectivity index (χ4n) is 2.09. The van der Waals surface area contributed by atoms with E-state index in [0.29, 0.717) is 36.3 Å². The molecule has 20 heavy (non-hydrogen) atoms. The van der Waals surface area contributed by atoms with Gasteiger partial charge in [-0.1, -0.05) is 0 Å². The number of nitrogen functional groups attached to an aromatic ring is 1. The summed E-state index contributed by atoms with van der Waals surface area (Å²) in [6, 6.07) is 5.76. The van der Waals surface area contributed by atoms with Crippen LogP contribution in [0, 0.1) is 0 Å². The number of amides is 1. The number of anilines is 1. The van der Waals surface area contributed by atoms with Crippen LogP contribution in [-0.4, -0.2) is 35.4 Å². The Bertz CT molecular complexity index is 633. The van der Waals surface area contributed by atoms with Crippen molar-refractivity contribution in [2.45, 2.75) is 25.4 Å². The lowest BCUT2D eigenvalue weighted by atomic mass is 10.3.